The van der Waals surface area contributed by atoms with Gasteiger partial charge in [-0.3, -0.25) is 9.69 Å². The number of carbonyl (C=O) groups excluding carboxylic acids is 2. The van der Waals surface area contributed by atoms with Crippen molar-refractivity contribution in [2.45, 2.75) is 105 Å². The molecule has 8 heteroatoms. The van der Waals surface area contributed by atoms with E-state index in [1.807, 2.05) is 76.2 Å². The first-order valence-corrected chi connectivity index (χ1v) is 15.8. The molecular weight excluding hydrogens is 556 g/mol. The number of ketones is 1. The maximum Gasteiger partial charge on any atom is 0.335 e. The van der Waals surface area contributed by atoms with Gasteiger partial charge in [0.1, 0.15) is 23.4 Å². The van der Waals surface area contributed by atoms with Crippen molar-refractivity contribution in [2.75, 3.05) is 20.8 Å². The molecule has 3 atom stereocenters. The first-order chi connectivity index (χ1) is 20.9. The summed E-state index contributed by atoms with van der Waals surface area (Å²) in [5.74, 6) is 0.683. The molecule has 2 aromatic rings. The normalized spacial score (nSPS) is 18.8. The van der Waals surface area contributed by atoms with Crippen molar-refractivity contribution < 1.29 is 28.5 Å². The number of nitrogens with one attached hydrogen (secondary N) is 1. The van der Waals surface area contributed by atoms with Crippen LogP contribution in [0.15, 0.2) is 59.8 Å². The third kappa shape index (κ3) is 9.32. The van der Waals surface area contributed by atoms with Crippen LogP contribution in [0.3, 0.4) is 0 Å². The lowest BCUT2D eigenvalue weighted by Gasteiger charge is -2.46. The summed E-state index contributed by atoms with van der Waals surface area (Å²) in [6.45, 7) is 15.1. The molecule has 0 fully saturated rings. The molecule has 2 aromatic carbocycles. The van der Waals surface area contributed by atoms with Crippen molar-refractivity contribution in [1.29, 1.82) is 0 Å². The van der Waals surface area contributed by atoms with Gasteiger partial charge < -0.3 is 24.3 Å². The highest BCUT2D eigenvalue weighted by atomic mass is 16.5. The molecule has 1 aliphatic carbocycles. The van der Waals surface area contributed by atoms with Gasteiger partial charge in [-0.25, -0.2) is 4.79 Å². The van der Waals surface area contributed by atoms with E-state index in [0.717, 1.165) is 35.5 Å². The second-order valence-corrected chi connectivity index (χ2v) is 12.5. The number of carbonyl (C=O) groups is 2. The Kier molecular flexibility index (Phi) is 12.8. The Hall–Kier alpha value is -3.36. The van der Waals surface area contributed by atoms with Gasteiger partial charge in [0.25, 0.3) is 0 Å². The van der Waals surface area contributed by atoms with Crippen molar-refractivity contribution in [3.8, 4) is 11.5 Å². The summed E-state index contributed by atoms with van der Waals surface area (Å²) in [5.41, 5.74) is 2.96. The Labute approximate surface area is 264 Å². The first-order valence-electron chi connectivity index (χ1n) is 15.8. The van der Waals surface area contributed by atoms with E-state index < -0.39 is 12.0 Å². The molecule has 1 aliphatic rings. The summed E-state index contributed by atoms with van der Waals surface area (Å²) < 4.78 is 23.2. The van der Waals surface area contributed by atoms with Gasteiger partial charge >= 0.3 is 5.97 Å². The van der Waals surface area contributed by atoms with Crippen molar-refractivity contribution in [1.82, 2.24) is 10.2 Å². The second kappa shape index (κ2) is 16.1. The van der Waals surface area contributed by atoms with Gasteiger partial charge in [-0.05, 0) is 89.3 Å². The summed E-state index contributed by atoms with van der Waals surface area (Å²) in [6, 6.07) is 15.6. The van der Waals surface area contributed by atoms with Gasteiger partial charge in [0.15, 0.2) is 0 Å². The first kappa shape index (κ1) is 35.1. The predicted octanol–water partition coefficient (Wildman–Crippen LogP) is 6.46. The minimum Gasteiger partial charge on any atom is -0.497 e. The molecule has 0 saturated heterocycles. The fraction of sp³-hybridized carbons (Fsp3) is 0.556. The minimum atomic E-state index is -0.635. The Balaban J connectivity index is 2.21. The van der Waals surface area contributed by atoms with E-state index >= 15 is 0 Å². The standard InChI is InChI=1S/C36H52N2O6/c1-10-27(11-2)44-34-32(24(4)39)31(21-30(35(40)43-12-3)33(34)37-36(5,6)7)38(22-25-13-17-28(41-8)18-14-25)23-26-15-19-29(42-9)20-16-26/h13-20,27,31-32,34,37H,10-12,21-23H2,1-9H3/t31-,32+,34+/m0/s1. The van der Waals surface area contributed by atoms with E-state index in [0.29, 0.717) is 30.8 Å². The number of benzene rings is 2. The number of ether oxygens (including phenoxy) is 4. The molecule has 242 valence electrons. The summed E-state index contributed by atoms with van der Waals surface area (Å²) in [6.07, 6.45) is 1.22. The van der Waals surface area contributed by atoms with Crippen molar-refractivity contribution in [3.05, 3.63) is 70.9 Å². The van der Waals surface area contributed by atoms with Gasteiger partial charge in [-0.15, -0.1) is 0 Å². The molecule has 0 aliphatic heterocycles. The second-order valence-electron chi connectivity index (χ2n) is 12.5. The highest BCUT2D eigenvalue weighted by molar-refractivity contribution is 5.91. The summed E-state index contributed by atoms with van der Waals surface area (Å²) >= 11 is 0. The van der Waals surface area contributed by atoms with Crippen LogP contribution in [0.4, 0.5) is 0 Å². The maximum absolute atomic E-state index is 13.8. The lowest BCUT2D eigenvalue weighted by Crippen LogP contribution is -2.56. The van der Waals surface area contributed by atoms with Crippen LogP contribution in [0, 0.1) is 5.92 Å². The molecule has 1 N–H and O–H groups in total. The topological polar surface area (TPSA) is 86.3 Å². The van der Waals surface area contributed by atoms with Crippen molar-refractivity contribution in [2.24, 2.45) is 5.92 Å². The largest absolute Gasteiger partial charge is 0.497 e. The quantitative estimate of drug-likeness (QED) is 0.231. The average molecular weight is 609 g/mol. The molecule has 8 nitrogen and oxygen atoms in total. The summed E-state index contributed by atoms with van der Waals surface area (Å²) in [7, 11) is 3.30. The van der Waals surface area contributed by atoms with Gasteiger partial charge in [-0.2, -0.15) is 0 Å². The van der Waals surface area contributed by atoms with Crippen LogP contribution < -0.4 is 14.8 Å². The Morgan fingerprint density at radius 3 is 1.77 bits per heavy atom. The van der Waals surface area contributed by atoms with E-state index in [-0.39, 0.29) is 36.0 Å². The number of methoxy groups -OCH3 is 2. The average Bonchev–Trinajstić information content (AvgIpc) is 2.99. The summed E-state index contributed by atoms with van der Waals surface area (Å²) in [5, 5.41) is 3.58. The highest BCUT2D eigenvalue weighted by Gasteiger charge is 2.47. The molecule has 0 unspecified atom stereocenters. The molecule has 44 heavy (non-hydrogen) atoms. The van der Waals surface area contributed by atoms with Crippen molar-refractivity contribution in [3.63, 3.8) is 0 Å². The van der Waals surface area contributed by atoms with Crippen LogP contribution in [0.25, 0.3) is 0 Å². The number of Topliss-reactive ketones (excluding diaryl/α,β-unsaturated/α-hetero) is 1. The molecule has 0 aromatic heterocycles. The zero-order valence-corrected chi connectivity index (χ0v) is 28.1. The SMILES string of the molecule is CCOC(=O)C1=C(NC(C)(C)C)[C@H](OC(CC)CC)[C@H](C(C)=O)[C@@H](N(Cc2ccc(OC)cc2)Cc2ccc(OC)cc2)C1. The van der Waals surface area contributed by atoms with E-state index in [1.54, 1.807) is 21.1 Å². The zero-order valence-electron chi connectivity index (χ0n) is 28.1. The fourth-order valence-electron chi connectivity index (χ4n) is 5.86. The molecule has 0 amide bonds. The number of esters is 1. The molecule has 0 heterocycles. The molecule has 0 radical (unpaired) electrons. The van der Waals surface area contributed by atoms with Gasteiger partial charge in [0, 0.05) is 24.7 Å². The third-order valence-corrected chi connectivity index (χ3v) is 8.07. The minimum absolute atomic E-state index is 0.0246. The number of nitrogens with zero attached hydrogens (tertiary/aromatic N) is 1. The monoisotopic (exact) mass is 608 g/mol. The van der Waals surface area contributed by atoms with Crippen LogP contribution in [-0.4, -0.2) is 61.3 Å². The molecule has 3 rings (SSSR count). The molecule has 0 spiro atoms. The third-order valence-electron chi connectivity index (χ3n) is 8.07. The predicted molar refractivity (Wildman–Crippen MR) is 174 cm³/mol. The number of hydrogen-bond acceptors (Lipinski definition) is 8. The van der Waals surface area contributed by atoms with E-state index in [2.05, 4.69) is 24.1 Å². The van der Waals surface area contributed by atoms with Crippen LogP contribution >= 0.6 is 0 Å². The van der Waals surface area contributed by atoms with E-state index in [1.165, 1.54) is 0 Å². The maximum atomic E-state index is 13.8. The smallest absolute Gasteiger partial charge is 0.335 e. The van der Waals surface area contributed by atoms with Crippen LogP contribution in [-0.2, 0) is 32.2 Å². The van der Waals surface area contributed by atoms with Crippen LogP contribution in [0.2, 0.25) is 0 Å². The molecular formula is C36H52N2O6. The van der Waals surface area contributed by atoms with Gasteiger partial charge in [-0.1, -0.05) is 38.1 Å². The van der Waals surface area contributed by atoms with Crippen LogP contribution in [0.5, 0.6) is 11.5 Å². The Morgan fingerprint density at radius 2 is 1.39 bits per heavy atom. The highest BCUT2D eigenvalue weighted by Crippen LogP contribution is 2.39. The summed E-state index contributed by atoms with van der Waals surface area (Å²) in [4.78, 5) is 29.7. The van der Waals surface area contributed by atoms with Crippen molar-refractivity contribution >= 4 is 11.8 Å². The Morgan fingerprint density at radius 1 is 0.886 bits per heavy atom. The number of rotatable bonds is 15. The molecule has 0 bridgehead atoms. The lowest BCUT2D eigenvalue weighted by molar-refractivity contribution is -0.142. The zero-order chi connectivity index (χ0) is 32.4. The Bertz CT molecular complexity index is 1200. The van der Waals surface area contributed by atoms with E-state index in [9.17, 15) is 9.59 Å². The van der Waals surface area contributed by atoms with Crippen LogP contribution in [0.1, 0.15) is 78.9 Å². The molecule has 0 saturated carbocycles. The number of hydrogen-bond donors (Lipinski definition) is 1. The van der Waals surface area contributed by atoms with Gasteiger partial charge in [0.05, 0.1) is 44.1 Å². The lowest BCUT2D eigenvalue weighted by atomic mass is 9.76. The van der Waals surface area contributed by atoms with Gasteiger partial charge in [0.2, 0.25) is 0 Å². The fourth-order valence-corrected chi connectivity index (χ4v) is 5.86. The van der Waals surface area contributed by atoms with E-state index in [4.69, 9.17) is 18.9 Å².